The van der Waals surface area contributed by atoms with Crippen LogP contribution >= 0.6 is 11.6 Å². The first kappa shape index (κ1) is 16.5. The van der Waals surface area contributed by atoms with E-state index >= 15 is 0 Å². The van der Waals surface area contributed by atoms with Gasteiger partial charge in [-0.1, -0.05) is 55.8 Å². The molecule has 0 unspecified atom stereocenters. The van der Waals surface area contributed by atoms with Crippen molar-refractivity contribution in [3.63, 3.8) is 0 Å². The Labute approximate surface area is 147 Å². The Morgan fingerprint density at radius 2 is 1.79 bits per heavy atom. The highest BCUT2D eigenvalue weighted by Gasteiger charge is 2.21. The van der Waals surface area contributed by atoms with Gasteiger partial charge in [0.05, 0.1) is 16.8 Å². The molecule has 0 bridgehead atoms. The van der Waals surface area contributed by atoms with E-state index < -0.39 is 0 Å². The monoisotopic (exact) mass is 334 g/mol. The highest BCUT2D eigenvalue weighted by atomic mass is 35.5. The number of aromatic nitrogens is 1. The Bertz CT molecular complexity index is 907. The first-order valence-electron chi connectivity index (χ1n) is 8.28. The number of rotatable bonds is 4. The average Bonchev–Trinajstić information content (AvgIpc) is 2.62. The zero-order valence-electron chi connectivity index (χ0n) is 13.9. The molecule has 2 aromatic carbocycles. The molecule has 3 rings (SSSR count). The standard InChI is InChI=1S/C21H19ClN2/c1-3-14(4-2)21-18(13-23)20(15-8-6-5-7-9-15)17-12-16(22)10-11-19(17)24-21/h5-12,14H,3-4H2,1-2H3. The van der Waals surface area contributed by atoms with Crippen LogP contribution in [-0.4, -0.2) is 4.98 Å². The van der Waals surface area contributed by atoms with Gasteiger partial charge in [-0.25, -0.2) is 0 Å². The maximum Gasteiger partial charge on any atom is 0.102 e. The number of fused-ring (bicyclic) bond motifs is 1. The maximum absolute atomic E-state index is 9.91. The molecule has 0 amide bonds. The average molecular weight is 335 g/mol. The van der Waals surface area contributed by atoms with Gasteiger partial charge in [0.2, 0.25) is 0 Å². The van der Waals surface area contributed by atoms with E-state index in [9.17, 15) is 5.26 Å². The third-order valence-corrected chi connectivity index (χ3v) is 4.76. The van der Waals surface area contributed by atoms with Gasteiger partial charge in [-0.2, -0.15) is 5.26 Å². The number of nitrogens with zero attached hydrogens (tertiary/aromatic N) is 2. The van der Waals surface area contributed by atoms with Gasteiger partial charge in [0.25, 0.3) is 0 Å². The second-order valence-electron chi connectivity index (χ2n) is 5.90. The van der Waals surface area contributed by atoms with E-state index in [4.69, 9.17) is 16.6 Å². The summed E-state index contributed by atoms with van der Waals surface area (Å²) in [6.45, 7) is 4.29. The maximum atomic E-state index is 9.91. The fourth-order valence-electron chi connectivity index (χ4n) is 3.24. The number of halogens is 1. The molecule has 0 saturated carbocycles. The lowest BCUT2D eigenvalue weighted by molar-refractivity contribution is 0.624. The predicted molar refractivity (Wildman–Crippen MR) is 100 cm³/mol. The van der Waals surface area contributed by atoms with Gasteiger partial charge in [-0.05, 0) is 36.6 Å². The van der Waals surface area contributed by atoms with Crippen LogP contribution in [-0.2, 0) is 0 Å². The van der Waals surface area contributed by atoms with E-state index in [1.807, 2.05) is 48.5 Å². The predicted octanol–water partition coefficient (Wildman–Crippen LogP) is 6.33. The van der Waals surface area contributed by atoms with Crippen molar-refractivity contribution in [3.8, 4) is 17.2 Å². The molecule has 0 aliphatic heterocycles. The van der Waals surface area contributed by atoms with Gasteiger partial charge in [-0.3, -0.25) is 4.98 Å². The van der Waals surface area contributed by atoms with Crippen molar-refractivity contribution in [2.75, 3.05) is 0 Å². The minimum atomic E-state index is 0.280. The summed E-state index contributed by atoms with van der Waals surface area (Å²) in [7, 11) is 0. The first-order chi connectivity index (χ1) is 11.7. The van der Waals surface area contributed by atoms with Crippen LogP contribution in [0.1, 0.15) is 43.9 Å². The summed E-state index contributed by atoms with van der Waals surface area (Å²) in [6.07, 6.45) is 1.93. The lowest BCUT2D eigenvalue weighted by Gasteiger charge is -2.18. The Morgan fingerprint density at radius 3 is 2.42 bits per heavy atom. The van der Waals surface area contributed by atoms with E-state index in [0.29, 0.717) is 10.6 Å². The van der Waals surface area contributed by atoms with Crippen molar-refractivity contribution in [2.45, 2.75) is 32.6 Å². The van der Waals surface area contributed by atoms with Gasteiger partial charge >= 0.3 is 0 Å². The number of hydrogen-bond acceptors (Lipinski definition) is 2. The van der Waals surface area contributed by atoms with Gasteiger partial charge in [0.15, 0.2) is 0 Å². The number of benzene rings is 2. The topological polar surface area (TPSA) is 36.7 Å². The van der Waals surface area contributed by atoms with Crippen molar-refractivity contribution >= 4 is 22.5 Å². The van der Waals surface area contributed by atoms with Gasteiger partial charge in [0, 0.05) is 21.9 Å². The third-order valence-electron chi connectivity index (χ3n) is 4.52. The molecule has 120 valence electrons. The smallest absolute Gasteiger partial charge is 0.102 e. The molecule has 1 heterocycles. The molecule has 0 radical (unpaired) electrons. The van der Waals surface area contributed by atoms with Crippen LogP contribution in [0.5, 0.6) is 0 Å². The normalized spacial score (nSPS) is 11.0. The van der Waals surface area contributed by atoms with E-state index in [2.05, 4.69) is 19.9 Å². The molecule has 0 spiro atoms. The van der Waals surface area contributed by atoms with Crippen LogP contribution in [0.3, 0.4) is 0 Å². The van der Waals surface area contributed by atoms with E-state index in [1.54, 1.807) is 0 Å². The Morgan fingerprint density at radius 1 is 1.08 bits per heavy atom. The number of hydrogen-bond donors (Lipinski definition) is 0. The second kappa shape index (κ2) is 7.03. The molecule has 0 saturated heterocycles. The summed E-state index contributed by atoms with van der Waals surface area (Å²) >= 11 is 6.22. The zero-order valence-corrected chi connectivity index (χ0v) is 14.6. The van der Waals surface area contributed by atoms with Crippen LogP contribution in [0, 0.1) is 11.3 Å². The molecular formula is C21H19ClN2. The minimum absolute atomic E-state index is 0.280. The largest absolute Gasteiger partial charge is 0.251 e. The van der Waals surface area contributed by atoms with E-state index in [-0.39, 0.29) is 5.92 Å². The van der Waals surface area contributed by atoms with Crippen LogP contribution < -0.4 is 0 Å². The summed E-state index contributed by atoms with van der Waals surface area (Å²) in [4.78, 5) is 4.83. The molecule has 24 heavy (non-hydrogen) atoms. The van der Waals surface area contributed by atoms with Gasteiger partial charge < -0.3 is 0 Å². The molecular weight excluding hydrogens is 316 g/mol. The quantitative estimate of drug-likeness (QED) is 0.559. The number of nitriles is 1. The van der Waals surface area contributed by atoms with Crippen LogP contribution in [0.25, 0.3) is 22.0 Å². The number of pyridine rings is 1. The summed E-state index contributed by atoms with van der Waals surface area (Å²) in [5.74, 6) is 0.280. The molecule has 0 aliphatic carbocycles. The summed E-state index contributed by atoms with van der Waals surface area (Å²) in [5, 5.41) is 11.5. The van der Waals surface area contributed by atoms with Crippen molar-refractivity contribution in [1.29, 1.82) is 5.26 Å². The van der Waals surface area contributed by atoms with E-state index in [0.717, 1.165) is 40.6 Å². The van der Waals surface area contributed by atoms with Crippen molar-refractivity contribution in [3.05, 3.63) is 64.8 Å². The Balaban J connectivity index is 2.45. The van der Waals surface area contributed by atoms with Crippen LogP contribution in [0.4, 0.5) is 0 Å². The molecule has 3 heteroatoms. The molecule has 1 aromatic heterocycles. The molecule has 0 atom stereocenters. The Kier molecular flexibility index (Phi) is 4.83. The summed E-state index contributed by atoms with van der Waals surface area (Å²) < 4.78 is 0. The molecule has 2 nitrogen and oxygen atoms in total. The highest BCUT2D eigenvalue weighted by molar-refractivity contribution is 6.31. The fourth-order valence-corrected chi connectivity index (χ4v) is 3.42. The lowest BCUT2D eigenvalue weighted by atomic mass is 9.88. The highest BCUT2D eigenvalue weighted by Crippen LogP contribution is 2.37. The first-order valence-corrected chi connectivity index (χ1v) is 8.66. The molecule has 0 fully saturated rings. The van der Waals surface area contributed by atoms with Crippen LogP contribution in [0.2, 0.25) is 5.02 Å². The van der Waals surface area contributed by atoms with Gasteiger partial charge in [0.1, 0.15) is 6.07 Å². The molecule has 3 aromatic rings. The van der Waals surface area contributed by atoms with Crippen molar-refractivity contribution in [2.24, 2.45) is 0 Å². The van der Waals surface area contributed by atoms with E-state index in [1.165, 1.54) is 0 Å². The third kappa shape index (κ3) is 2.88. The zero-order chi connectivity index (χ0) is 17.1. The fraction of sp³-hybridized carbons (Fsp3) is 0.238. The summed E-state index contributed by atoms with van der Waals surface area (Å²) in [5.41, 5.74) is 4.42. The second-order valence-corrected chi connectivity index (χ2v) is 6.34. The van der Waals surface area contributed by atoms with Crippen molar-refractivity contribution in [1.82, 2.24) is 4.98 Å². The van der Waals surface area contributed by atoms with Crippen LogP contribution in [0.15, 0.2) is 48.5 Å². The summed E-state index contributed by atoms with van der Waals surface area (Å²) in [6, 6.07) is 18.2. The minimum Gasteiger partial charge on any atom is -0.251 e. The molecule has 0 N–H and O–H groups in total. The molecule has 0 aliphatic rings. The van der Waals surface area contributed by atoms with Crippen molar-refractivity contribution < 1.29 is 0 Å². The SMILES string of the molecule is CCC(CC)c1nc2ccc(Cl)cc2c(-c2ccccc2)c1C#N. The lowest BCUT2D eigenvalue weighted by Crippen LogP contribution is -2.05. The van der Waals surface area contributed by atoms with Gasteiger partial charge in [-0.15, -0.1) is 0 Å². The Hall–Kier alpha value is -2.37.